The van der Waals surface area contributed by atoms with E-state index in [1.165, 1.54) is 38.8 Å². The molecule has 0 radical (unpaired) electrons. The van der Waals surface area contributed by atoms with E-state index in [9.17, 15) is 4.79 Å². The minimum Gasteiger partial charge on any atom is -0.362 e. The summed E-state index contributed by atoms with van der Waals surface area (Å²) in [7, 11) is 3.95. The summed E-state index contributed by atoms with van der Waals surface area (Å²) in [6, 6.07) is 4.54. The number of nitrogens with zero attached hydrogens (tertiary/aromatic N) is 4. The number of likely N-dealkylation sites (tertiary alicyclic amines) is 2. The van der Waals surface area contributed by atoms with Crippen molar-refractivity contribution in [3.8, 4) is 0 Å². The van der Waals surface area contributed by atoms with Crippen LogP contribution in [-0.4, -0.2) is 67.1 Å². The Morgan fingerprint density at radius 1 is 1.24 bits per heavy atom. The van der Waals surface area contributed by atoms with Gasteiger partial charge in [-0.15, -0.1) is 0 Å². The maximum absolute atomic E-state index is 12.7. The molecule has 2 amide bonds. The van der Waals surface area contributed by atoms with Crippen molar-refractivity contribution >= 4 is 11.8 Å². The maximum Gasteiger partial charge on any atom is 0.317 e. The first kappa shape index (κ1) is 18.0. The number of hydrogen-bond acceptors (Lipinski definition) is 4. The SMILES string of the molecule is CN(C)c1ncccc1CNC(=O)N1CCCC[C@@H](N2CCCC2)C1. The van der Waals surface area contributed by atoms with Gasteiger partial charge in [-0.2, -0.15) is 0 Å². The van der Waals surface area contributed by atoms with E-state index >= 15 is 0 Å². The van der Waals surface area contributed by atoms with E-state index in [1.807, 2.05) is 36.0 Å². The Hall–Kier alpha value is -1.82. The van der Waals surface area contributed by atoms with Gasteiger partial charge < -0.3 is 15.1 Å². The van der Waals surface area contributed by atoms with Crippen molar-refractivity contribution in [2.75, 3.05) is 45.2 Å². The van der Waals surface area contributed by atoms with Gasteiger partial charge in [0.1, 0.15) is 5.82 Å². The lowest BCUT2D eigenvalue weighted by atomic mass is 10.1. The van der Waals surface area contributed by atoms with E-state index in [0.717, 1.165) is 30.9 Å². The largest absolute Gasteiger partial charge is 0.362 e. The minimum atomic E-state index is 0.0552. The summed E-state index contributed by atoms with van der Waals surface area (Å²) in [6.07, 6.45) is 7.94. The smallest absolute Gasteiger partial charge is 0.317 e. The van der Waals surface area contributed by atoms with Crippen LogP contribution in [-0.2, 0) is 6.54 Å². The zero-order valence-corrected chi connectivity index (χ0v) is 15.6. The summed E-state index contributed by atoms with van der Waals surface area (Å²) >= 11 is 0. The van der Waals surface area contributed by atoms with Gasteiger partial charge >= 0.3 is 6.03 Å². The van der Waals surface area contributed by atoms with Crippen LogP contribution >= 0.6 is 0 Å². The third-order valence-electron chi connectivity index (χ3n) is 5.31. The second-order valence-corrected chi connectivity index (χ2v) is 7.38. The van der Waals surface area contributed by atoms with Gasteiger partial charge in [-0.05, 0) is 44.8 Å². The summed E-state index contributed by atoms with van der Waals surface area (Å²) in [5.41, 5.74) is 1.05. The van der Waals surface area contributed by atoms with Crippen molar-refractivity contribution in [1.82, 2.24) is 20.1 Å². The molecular formula is C19H31N5O. The molecule has 2 aliphatic rings. The van der Waals surface area contributed by atoms with Gasteiger partial charge in [0.25, 0.3) is 0 Å². The highest BCUT2D eigenvalue weighted by atomic mass is 16.2. The number of anilines is 1. The predicted octanol–water partition coefficient (Wildman–Crippen LogP) is 2.31. The van der Waals surface area contributed by atoms with Crippen molar-refractivity contribution in [3.05, 3.63) is 23.9 Å². The molecule has 1 atom stereocenters. The normalized spacial score (nSPS) is 21.8. The van der Waals surface area contributed by atoms with Crippen LogP contribution in [0.3, 0.4) is 0 Å². The quantitative estimate of drug-likeness (QED) is 0.910. The fourth-order valence-electron chi connectivity index (χ4n) is 3.96. The molecule has 0 aromatic carbocycles. The topological polar surface area (TPSA) is 51.7 Å². The van der Waals surface area contributed by atoms with Crippen LogP contribution in [0.1, 0.15) is 37.7 Å². The van der Waals surface area contributed by atoms with Crippen LogP contribution in [0.5, 0.6) is 0 Å². The van der Waals surface area contributed by atoms with Crippen LogP contribution in [0.2, 0.25) is 0 Å². The van der Waals surface area contributed by atoms with Crippen molar-refractivity contribution in [3.63, 3.8) is 0 Å². The molecule has 0 unspecified atom stereocenters. The molecule has 0 aliphatic carbocycles. The molecule has 6 nitrogen and oxygen atoms in total. The molecule has 3 heterocycles. The fourth-order valence-corrected chi connectivity index (χ4v) is 3.96. The van der Waals surface area contributed by atoms with Gasteiger partial charge in [-0.25, -0.2) is 9.78 Å². The first-order chi connectivity index (χ1) is 12.1. The average Bonchev–Trinajstić information content (AvgIpc) is 3.04. The van der Waals surface area contributed by atoms with Crippen LogP contribution in [0.25, 0.3) is 0 Å². The molecule has 1 N–H and O–H groups in total. The second-order valence-electron chi connectivity index (χ2n) is 7.38. The number of carbonyl (C=O) groups excluding carboxylic acids is 1. The van der Waals surface area contributed by atoms with E-state index < -0.39 is 0 Å². The summed E-state index contributed by atoms with van der Waals surface area (Å²) in [5.74, 6) is 0.911. The summed E-state index contributed by atoms with van der Waals surface area (Å²) in [4.78, 5) is 23.7. The third kappa shape index (κ3) is 4.63. The van der Waals surface area contributed by atoms with Gasteiger partial charge in [-0.1, -0.05) is 12.5 Å². The number of nitrogens with one attached hydrogen (secondary N) is 1. The molecule has 2 saturated heterocycles. The van der Waals surface area contributed by atoms with Gasteiger partial charge in [-0.3, -0.25) is 4.90 Å². The van der Waals surface area contributed by atoms with Crippen LogP contribution in [0.15, 0.2) is 18.3 Å². The fraction of sp³-hybridized carbons (Fsp3) is 0.684. The number of rotatable bonds is 4. The highest BCUT2D eigenvalue weighted by Crippen LogP contribution is 2.20. The van der Waals surface area contributed by atoms with E-state index in [1.54, 1.807) is 6.20 Å². The van der Waals surface area contributed by atoms with Gasteiger partial charge in [0.15, 0.2) is 0 Å². The second kappa shape index (κ2) is 8.52. The molecule has 0 bridgehead atoms. The molecule has 1 aromatic heterocycles. The molecule has 1 aromatic rings. The van der Waals surface area contributed by atoms with Crippen LogP contribution in [0, 0.1) is 0 Å². The number of aromatic nitrogens is 1. The lowest BCUT2D eigenvalue weighted by molar-refractivity contribution is 0.165. The van der Waals surface area contributed by atoms with Gasteiger partial charge in [0.2, 0.25) is 0 Å². The van der Waals surface area contributed by atoms with Crippen molar-refractivity contribution in [2.24, 2.45) is 0 Å². The van der Waals surface area contributed by atoms with Crippen LogP contribution in [0.4, 0.5) is 10.6 Å². The number of pyridine rings is 1. The first-order valence-electron chi connectivity index (χ1n) is 9.53. The Labute approximate surface area is 151 Å². The van der Waals surface area contributed by atoms with Crippen LogP contribution < -0.4 is 10.2 Å². The highest BCUT2D eigenvalue weighted by Gasteiger charge is 2.27. The highest BCUT2D eigenvalue weighted by molar-refractivity contribution is 5.74. The van der Waals surface area contributed by atoms with Gasteiger partial charge in [0, 0.05) is 51.5 Å². The molecular weight excluding hydrogens is 314 g/mol. The summed E-state index contributed by atoms with van der Waals surface area (Å²) in [5, 5.41) is 3.10. The van der Waals surface area contributed by atoms with E-state index in [4.69, 9.17) is 0 Å². The lowest BCUT2D eigenvalue weighted by Crippen LogP contribution is -2.47. The first-order valence-corrected chi connectivity index (χ1v) is 9.53. The molecule has 138 valence electrons. The minimum absolute atomic E-state index is 0.0552. The number of hydrogen-bond donors (Lipinski definition) is 1. The Morgan fingerprint density at radius 3 is 2.76 bits per heavy atom. The summed E-state index contributed by atoms with van der Waals surface area (Å²) < 4.78 is 0. The van der Waals surface area contributed by atoms with Gasteiger partial charge in [0.05, 0.1) is 0 Å². The Kier molecular flexibility index (Phi) is 6.13. The molecule has 3 rings (SSSR count). The average molecular weight is 345 g/mol. The number of urea groups is 1. The number of amides is 2. The zero-order valence-electron chi connectivity index (χ0n) is 15.6. The lowest BCUT2D eigenvalue weighted by Gasteiger charge is -2.30. The monoisotopic (exact) mass is 345 g/mol. The summed E-state index contributed by atoms with van der Waals surface area (Å²) in [6.45, 7) is 4.64. The Balaban J connectivity index is 1.58. The molecule has 25 heavy (non-hydrogen) atoms. The molecule has 2 fully saturated rings. The standard InChI is InChI=1S/C19H31N5O/c1-22(2)18-16(8-7-10-20-18)14-21-19(25)24-13-4-3-9-17(15-24)23-11-5-6-12-23/h7-8,10,17H,3-6,9,11-15H2,1-2H3,(H,21,25)/t17-/m1/s1. The van der Waals surface area contributed by atoms with Crippen molar-refractivity contribution in [1.29, 1.82) is 0 Å². The Bertz CT molecular complexity index is 571. The third-order valence-corrected chi connectivity index (χ3v) is 5.31. The van der Waals surface area contributed by atoms with Crippen molar-refractivity contribution in [2.45, 2.75) is 44.7 Å². The zero-order chi connectivity index (χ0) is 17.6. The van der Waals surface area contributed by atoms with E-state index in [0.29, 0.717) is 12.6 Å². The maximum atomic E-state index is 12.7. The molecule has 2 aliphatic heterocycles. The van der Waals surface area contributed by atoms with E-state index in [2.05, 4.69) is 15.2 Å². The number of carbonyl (C=O) groups is 1. The van der Waals surface area contributed by atoms with E-state index in [-0.39, 0.29) is 6.03 Å². The van der Waals surface area contributed by atoms with Crippen molar-refractivity contribution < 1.29 is 4.79 Å². The predicted molar refractivity (Wildman–Crippen MR) is 101 cm³/mol. The molecule has 0 saturated carbocycles. The molecule has 6 heteroatoms. The Morgan fingerprint density at radius 2 is 2.00 bits per heavy atom. The molecule has 0 spiro atoms.